The molecule has 2 N–H and O–H groups in total. The summed E-state index contributed by atoms with van der Waals surface area (Å²) in [5.41, 5.74) is 5.01. The number of benzene rings is 2. The monoisotopic (exact) mass is 516 g/mol. The zero-order valence-corrected chi connectivity index (χ0v) is 22.3. The summed E-state index contributed by atoms with van der Waals surface area (Å²) in [6.45, 7) is 3.87. The zero-order chi connectivity index (χ0) is 26.9. The third-order valence-electron chi connectivity index (χ3n) is 8.16. The van der Waals surface area contributed by atoms with Crippen LogP contribution in [0.1, 0.15) is 36.6 Å². The van der Waals surface area contributed by atoms with Gasteiger partial charge in [-0.15, -0.1) is 0 Å². The van der Waals surface area contributed by atoms with E-state index in [1.165, 1.54) is 0 Å². The number of pyridine rings is 1. The van der Waals surface area contributed by atoms with Crippen molar-refractivity contribution in [3.05, 3.63) is 71.4 Å². The molecule has 3 unspecified atom stereocenters. The number of hydroxylamine groups is 1. The molecule has 5 rings (SSSR count). The number of likely N-dealkylation sites (N-methyl/N-ethyl adjacent to an activating group) is 1. The lowest BCUT2D eigenvalue weighted by atomic mass is 9.92. The van der Waals surface area contributed by atoms with Gasteiger partial charge in [0.2, 0.25) is 11.8 Å². The molecule has 2 fully saturated rings. The number of fused-ring (bicyclic) bond motifs is 1. The van der Waals surface area contributed by atoms with E-state index in [0.29, 0.717) is 38.6 Å². The van der Waals surface area contributed by atoms with Crippen LogP contribution in [0, 0.1) is 11.3 Å². The van der Waals surface area contributed by atoms with E-state index < -0.39 is 17.2 Å². The molecule has 38 heavy (non-hydrogen) atoms. The number of aromatic nitrogens is 1. The maximum Gasteiger partial charge on any atom is 0.247 e. The highest BCUT2D eigenvalue weighted by molar-refractivity contribution is 5.96. The molecule has 3 atom stereocenters. The van der Waals surface area contributed by atoms with Crippen molar-refractivity contribution in [1.82, 2.24) is 20.3 Å². The summed E-state index contributed by atoms with van der Waals surface area (Å²) < 4.78 is 6.14. The van der Waals surface area contributed by atoms with Crippen molar-refractivity contribution in [2.45, 2.75) is 45.3 Å². The Balaban J connectivity index is 1.29. The number of ether oxygens (including phenoxy) is 1. The van der Waals surface area contributed by atoms with Crippen LogP contribution in [0.25, 0.3) is 10.9 Å². The SMILES string of the molecule is CCc1cc(COc2ccc(CC3(C(=O)N4CCC(N(C)C)C4)CC3C(=O)NO)cc2)c2ccccc2n1. The summed E-state index contributed by atoms with van der Waals surface area (Å²) in [5, 5.41) is 10.3. The number of carbonyl (C=O) groups excluding carboxylic acids is 2. The number of hydrogen-bond donors (Lipinski definition) is 2. The fourth-order valence-electron chi connectivity index (χ4n) is 5.73. The van der Waals surface area contributed by atoms with Crippen molar-refractivity contribution in [2.75, 3.05) is 27.2 Å². The van der Waals surface area contributed by atoms with Gasteiger partial charge in [-0.1, -0.05) is 37.3 Å². The minimum absolute atomic E-state index is 0.00655. The van der Waals surface area contributed by atoms with E-state index in [1.807, 2.05) is 61.5 Å². The van der Waals surface area contributed by atoms with E-state index >= 15 is 0 Å². The molecule has 0 bridgehead atoms. The van der Waals surface area contributed by atoms with Crippen LogP contribution in [0.2, 0.25) is 0 Å². The Morgan fingerprint density at radius 2 is 1.95 bits per heavy atom. The second-order valence-corrected chi connectivity index (χ2v) is 10.8. The highest BCUT2D eigenvalue weighted by Crippen LogP contribution is 2.56. The summed E-state index contributed by atoms with van der Waals surface area (Å²) >= 11 is 0. The first-order chi connectivity index (χ1) is 18.3. The van der Waals surface area contributed by atoms with Crippen LogP contribution in [0.15, 0.2) is 54.6 Å². The van der Waals surface area contributed by atoms with Gasteiger partial charge < -0.3 is 14.5 Å². The predicted octanol–water partition coefficient (Wildman–Crippen LogP) is 3.59. The maximum absolute atomic E-state index is 13.6. The van der Waals surface area contributed by atoms with Gasteiger partial charge in [0, 0.05) is 35.8 Å². The Labute approximate surface area is 223 Å². The number of rotatable bonds is 9. The van der Waals surface area contributed by atoms with Crippen LogP contribution in [-0.4, -0.2) is 65.0 Å². The smallest absolute Gasteiger partial charge is 0.247 e. The van der Waals surface area contributed by atoms with Crippen molar-refractivity contribution < 1.29 is 19.5 Å². The van der Waals surface area contributed by atoms with E-state index in [2.05, 4.69) is 24.0 Å². The third-order valence-corrected chi connectivity index (χ3v) is 8.16. The Morgan fingerprint density at radius 3 is 2.63 bits per heavy atom. The minimum Gasteiger partial charge on any atom is -0.489 e. The molecule has 2 aliphatic rings. The van der Waals surface area contributed by atoms with E-state index in [-0.39, 0.29) is 5.91 Å². The molecule has 1 aliphatic carbocycles. The Bertz CT molecular complexity index is 1330. The summed E-state index contributed by atoms with van der Waals surface area (Å²) in [6, 6.07) is 18.3. The largest absolute Gasteiger partial charge is 0.489 e. The topological polar surface area (TPSA) is 95.0 Å². The summed E-state index contributed by atoms with van der Waals surface area (Å²) in [6.07, 6.45) is 2.66. The number of hydrogen-bond acceptors (Lipinski definition) is 6. The number of likely N-dealkylation sites (tertiary alicyclic amines) is 1. The van der Waals surface area contributed by atoms with Crippen LogP contribution in [0.5, 0.6) is 5.75 Å². The summed E-state index contributed by atoms with van der Waals surface area (Å²) in [4.78, 5) is 34.7. The van der Waals surface area contributed by atoms with Crippen molar-refractivity contribution in [3.8, 4) is 5.75 Å². The van der Waals surface area contributed by atoms with Gasteiger partial charge in [-0.3, -0.25) is 19.8 Å². The van der Waals surface area contributed by atoms with Gasteiger partial charge in [0.1, 0.15) is 12.4 Å². The lowest BCUT2D eigenvalue weighted by Crippen LogP contribution is -2.41. The van der Waals surface area contributed by atoms with Gasteiger partial charge in [0.25, 0.3) is 0 Å². The molecule has 1 saturated carbocycles. The quantitative estimate of drug-likeness (QED) is 0.333. The van der Waals surface area contributed by atoms with E-state index in [9.17, 15) is 14.8 Å². The van der Waals surface area contributed by atoms with Crippen LogP contribution in [-0.2, 0) is 29.0 Å². The zero-order valence-electron chi connectivity index (χ0n) is 22.3. The van der Waals surface area contributed by atoms with Crippen LogP contribution >= 0.6 is 0 Å². The molecule has 1 aliphatic heterocycles. The van der Waals surface area contributed by atoms with Gasteiger partial charge in [0.15, 0.2) is 0 Å². The molecule has 8 heteroatoms. The molecule has 200 valence electrons. The molecular formula is C30H36N4O4. The Morgan fingerprint density at radius 1 is 1.18 bits per heavy atom. The average molecular weight is 517 g/mol. The number of carbonyl (C=O) groups is 2. The number of aryl methyl sites for hydroxylation is 1. The number of amides is 2. The first-order valence-electron chi connectivity index (χ1n) is 13.3. The minimum atomic E-state index is -0.817. The van der Waals surface area contributed by atoms with Crippen LogP contribution in [0.3, 0.4) is 0 Å². The van der Waals surface area contributed by atoms with Crippen molar-refractivity contribution in [3.63, 3.8) is 0 Å². The lowest BCUT2D eigenvalue weighted by Gasteiger charge is -2.25. The number of para-hydroxylation sites is 1. The van der Waals surface area contributed by atoms with Gasteiger partial charge >= 0.3 is 0 Å². The molecule has 2 aromatic carbocycles. The lowest BCUT2D eigenvalue weighted by molar-refractivity contribution is -0.140. The maximum atomic E-state index is 13.6. The van der Waals surface area contributed by atoms with Gasteiger partial charge in [-0.2, -0.15) is 0 Å². The van der Waals surface area contributed by atoms with E-state index in [1.54, 1.807) is 5.48 Å². The van der Waals surface area contributed by atoms with Crippen molar-refractivity contribution >= 4 is 22.7 Å². The first kappa shape index (κ1) is 26.1. The van der Waals surface area contributed by atoms with Gasteiger partial charge in [-0.05, 0) is 69.6 Å². The Hall–Kier alpha value is -3.49. The van der Waals surface area contributed by atoms with Crippen molar-refractivity contribution in [2.24, 2.45) is 11.3 Å². The highest BCUT2D eigenvalue weighted by atomic mass is 16.5. The molecule has 2 heterocycles. The normalized spacial score (nSPS) is 22.6. The summed E-state index contributed by atoms with van der Waals surface area (Å²) in [7, 11) is 4.05. The second kappa shape index (κ2) is 10.7. The van der Waals surface area contributed by atoms with Crippen LogP contribution < -0.4 is 10.2 Å². The molecule has 8 nitrogen and oxygen atoms in total. The Kier molecular flexibility index (Phi) is 7.36. The van der Waals surface area contributed by atoms with Gasteiger partial charge in [-0.25, -0.2) is 5.48 Å². The molecule has 1 saturated heterocycles. The molecule has 0 spiro atoms. The fourth-order valence-corrected chi connectivity index (χ4v) is 5.73. The van der Waals surface area contributed by atoms with Gasteiger partial charge in [0.05, 0.1) is 16.8 Å². The first-order valence-corrected chi connectivity index (χ1v) is 13.3. The number of nitrogens with zero attached hydrogens (tertiary/aromatic N) is 3. The second-order valence-electron chi connectivity index (χ2n) is 10.8. The average Bonchev–Trinajstić information content (AvgIpc) is 3.44. The molecule has 3 aromatic rings. The van der Waals surface area contributed by atoms with E-state index in [4.69, 9.17) is 9.72 Å². The number of nitrogens with one attached hydrogen (secondary N) is 1. The predicted molar refractivity (Wildman–Crippen MR) is 145 cm³/mol. The van der Waals surface area contributed by atoms with E-state index in [0.717, 1.165) is 46.3 Å². The molecule has 1 aromatic heterocycles. The molecule has 2 amide bonds. The standard InChI is InChI=1S/C30H36N4O4/c1-4-22-15-21(25-7-5-6-8-27(25)31-22)19-38-24-11-9-20(10-12-24)16-30(17-26(30)28(35)32-37)29(36)34-14-13-23(18-34)33(2)3/h5-12,15,23,26,37H,4,13-14,16-19H2,1-3H3,(H,32,35). The summed E-state index contributed by atoms with van der Waals surface area (Å²) in [5.74, 6) is -0.270. The molecule has 0 radical (unpaired) electrons. The van der Waals surface area contributed by atoms with Crippen LogP contribution in [0.4, 0.5) is 0 Å². The highest BCUT2D eigenvalue weighted by Gasteiger charge is 2.64. The third kappa shape index (κ3) is 5.11. The molecular weight excluding hydrogens is 480 g/mol. The van der Waals surface area contributed by atoms with Crippen molar-refractivity contribution in [1.29, 1.82) is 0 Å². The fraction of sp³-hybridized carbons (Fsp3) is 0.433.